The third-order valence-corrected chi connectivity index (χ3v) is 2.77. The Kier molecular flexibility index (Phi) is 5.92. The number of unbranched alkanes of at least 4 members (excludes halogenated alkanes) is 1. The van der Waals surface area contributed by atoms with E-state index in [-0.39, 0.29) is 5.97 Å². The van der Waals surface area contributed by atoms with E-state index in [1.54, 1.807) is 0 Å². The molecule has 0 amide bonds. The molecule has 90 valence electrons. The largest absolute Gasteiger partial charge is 0.469 e. The zero-order chi connectivity index (χ0) is 11.8. The van der Waals surface area contributed by atoms with Gasteiger partial charge >= 0.3 is 5.97 Å². The summed E-state index contributed by atoms with van der Waals surface area (Å²) in [5.74, 6) is 1.04. The molecule has 0 saturated carbocycles. The molecule has 0 N–H and O–H groups in total. The predicted molar refractivity (Wildman–Crippen MR) is 60.3 cm³/mol. The highest BCUT2D eigenvalue weighted by Gasteiger charge is 2.07. The van der Waals surface area contributed by atoms with Crippen LogP contribution in [0, 0.1) is 0 Å². The molecule has 0 spiro atoms. The second-order valence-corrected chi connectivity index (χ2v) is 4.29. The van der Waals surface area contributed by atoms with Gasteiger partial charge in [-0.1, -0.05) is 25.1 Å². The fraction of sp³-hybridized carbons (Fsp3) is 0.700. The zero-order valence-electron chi connectivity index (χ0n) is 9.56. The van der Waals surface area contributed by atoms with E-state index >= 15 is 0 Å². The second kappa shape index (κ2) is 7.27. The number of methoxy groups -OCH3 is 1. The molecule has 0 atom stereocenters. The lowest BCUT2D eigenvalue weighted by Gasteiger charge is -1.95. The van der Waals surface area contributed by atoms with Crippen LogP contribution in [0.5, 0.6) is 0 Å². The normalized spacial score (nSPS) is 10.4. The highest BCUT2D eigenvalue weighted by molar-refractivity contribution is 7.99. The standard InChI is InChI=1S/C10H16N2O3S/c1-3-4-5-8-11-12-10(15-8)16-7-6-9(13)14-2/h3-7H2,1-2H3. The van der Waals surface area contributed by atoms with Crippen LogP contribution in [0.1, 0.15) is 32.1 Å². The van der Waals surface area contributed by atoms with E-state index in [0.29, 0.717) is 23.3 Å². The van der Waals surface area contributed by atoms with Gasteiger partial charge in [0.15, 0.2) is 0 Å². The molecule has 0 fully saturated rings. The molecule has 0 saturated heterocycles. The van der Waals surface area contributed by atoms with Gasteiger partial charge in [0.1, 0.15) is 0 Å². The number of rotatable bonds is 7. The summed E-state index contributed by atoms with van der Waals surface area (Å²) in [5.41, 5.74) is 0. The summed E-state index contributed by atoms with van der Waals surface area (Å²) in [6, 6.07) is 0. The van der Waals surface area contributed by atoms with Gasteiger partial charge in [-0.05, 0) is 6.42 Å². The summed E-state index contributed by atoms with van der Waals surface area (Å²) in [5, 5.41) is 8.33. The van der Waals surface area contributed by atoms with Crippen LogP contribution in [0.25, 0.3) is 0 Å². The Morgan fingerprint density at radius 3 is 3.00 bits per heavy atom. The molecule has 1 rings (SSSR count). The SMILES string of the molecule is CCCCc1nnc(SCCC(=O)OC)o1. The highest BCUT2D eigenvalue weighted by atomic mass is 32.2. The summed E-state index contributed by atoms with van der Waals surface area (Å²) in [4.78, 5) is 10.8. The third kappa shape index (κ3) is 4.65. The van der Waals surface area contributed by atoms with Crippen LogP contribution in [-0.4, -0.2) is 29.0 Å². The van der Waals surface area contributed by atoms with E-state index in [9.17, 15) is 4.79 Å². The first-order valence-corrected chi connectivity index (χ1v) is 6.26. The zero-order valence-corrected chi connectivity index (χ0v) is 10.4. The Morgan fingerprint density at radius 2 is 2.31 bits per heavy atom. The van der Waals surface area contributed by atoms with Crippen molar-refractivity contribution in [2.75, 3.05) is 12.9 Å². The van der Waals surface area contributed by atoms with Crippen molar-refractivity contribution in [3.8, 4) is 0 Å². The molecule has 0 radical (unpaired) electrons. The van der Waals surface area contributed by atoms with Crippen LogP contribution in [-0.2, 0) is 16.0 Å². The van der Waals surface area contributed by atoms with Crippen molar-refractivity contribution in [3.05, 3.63) is 5.89 Å². The highest BCUT2D eigenvalue weighted by Crippen LogP contribution is 2.17. The number of carbonyl (C=O) groups is 1. The van der Waals surface area contributed by atoms with Crippen molar-refractivity contribution in [2.45, 2.75) is 37.8 Å². The van der Waals surface area contributed by atoms with Gasteiger partial charge in [0.05, 0.1) is 13.5 Å². The minimum atomic E-state index is -0.224. The molecular weight excluding hydrogens is 228 g/mol. The number of aromatic nitrogens is 2. The van der Waals surface area contributed by atoms with Gasteiger partial charge in [0.25, 0.3) is 5.22 Å². The molecule has 0 aliphatic heterocycles. The lowest BCUT2D eigenvalue weighted by molar-refractivity contribution is -0.140. The van der Waals surface area contributed by atoms with E-state index in [2.05, 4.69) is 21.9 Å². The number of aryl methyl sites for hydroxylation is 1. The van der Waals surface area contributed by atoms with Crippen molar-refractivity contribution in [2.24, 2.45) is 0 Å². The van der Waals surface area contributed by atoms with Crippen LogP contribution < -0.4 is 0 Å². The van der Waals surface area contributed by atoms with Crippen molar-refractivity contribution >= 4 is 17.7 Å². The first-order valence-electron chi connectivity index (χ1n) is 5.28. The van der Waals surface area contributed by atoms with Crippen molar-refractivity contribution in [1.29, 1.82) is 0 Å². The third-order valence-electron chi connectivity index (χ3n) is 1.95. The molecule has 1 heterocycles. The molecule has 0 unspecified atom stereocenters. The molecule has 0 aromatic carbocycles. The van der Waals surface area contributed by atoms with Crippen molar-refractivity contribution in [3.63, 3.8) is 0 Å². The molecule has 1 aromatic heterocycles. The summed E-state index contributed by atoms with van der Waals surface area (Å²) in [6.45, 7) is 2.11. The minimum Gasteiger partial charge on any atom is -0.469 e. The molecule has 5 nitrogen and oxygen atoms in total. The number of nitrogens with zero attached hydrogens (tertiary/aromatic N) is 2. The number of hydrogen-bond donors (Lipinski definition) is 0. The summed E-state index contributed by atoms with van der Waals surface area (Å²) in [6.07, 6.45) is 3.33. The first-order chi connectivity index (χ1) is 7.76. The van der Waals surface area contributed by atoms with Crippen LogP contribution in [0.15, 0.2) is 9.64 Å². The van der Waals surface area contributed by atoms with Gasteiger partial charge in [-0.2, -0.15) is 0 Å². The van der Waals surface area contributed by atoms with E-state index in [0.717, 1.165) is 19.3 Å². The maximum absolute atomic E-state index is 10.8. The number of esters is 1. The van der Waals surface area contributed by atoms with Crippen LogP contribution in [0.3, 0.4) is 0 Å². The van der Waals surface area contributed by atoms with Crippen LogP contribution in [0.4, 0.5) is 0 Å². The van der Waals surface area contributed by atoms with Crippen molar-refractivity contribution < 1.29 is 13.9 Å². The Morgan fingerprint density at radius 1 is 1.50 bits per heavy atom. The molecule has 0 aliphatic carbocycles. The smallest absolute Gasteiger partial charge is 0.306 e. The molecule has 0 aliphatic rings. The predicted octanol–water partition coefficient (Wildman–Crippen LogP) is 2.07. The number of ether oxygens (including phenoxy) is 1. The topological polar surface area (TPSA) is 65.2 Å². The number of thioether (sulfide) groups is 1. The van der Waals surface area contributed by atoms with Gasteiger partial charge in [-0.3, -0.25) is 4.79 Å². The first kappa shape index (κ1) is 13.0. The summed E-state index contributed by atoms with van der Waals surface area (Å²) >= 11 is 1.38. The van der Waals surface area contributed by atoms with Gasteiger partial charge in [-0.25, -0.2) is 0 Å². The van der Waals surface area contributed by atoms with E-state index in [1.807, 2.05) is 0 Å². The van der Waals surface area contributed by atoms with E-state index < -0.39 is 0 Å². The van der Waals surface area contributed by atoms with E-state index in [1.165, 1.54) is 18.9 Å². The average molecular weight is 244 g/mol. The van der Waals surface area contributed by atoms with Gasteiger partial charge in [-0.15, -0.1) is 10.2 Å². The fourth-order valence-electron chi connectivity index (χ4n) is 1.05. The van der Waals surface area contributed by atoms with E-state index in [4.69, 9.17) is 4.42 Å². The summed E-state index contributed by atoms with van der Waals surface area (Å²) in [7, 11) is 1.38. The Hall–Kier alpha value is -1.04. The Balaban J connectivity index is 2.26. The molecule has 6 heteroatoms. The van der Waals surface area contributed by atoms with Gasteiger partial charge in [0.2, 0.25) is 5.89 Å². The molecule has 16 heavy (non-hydrogen) atoms. The molecule has 1 aromatic rings. The monoisotopic (exact) mass is 244 g/mol. The Labute approximate surface area is 99.0 Å². The lowest BCUT2D eigenvalue weighted by Crippen LogP contribution is -2.00. The Bertz CT molecular complexity index is 328. The minimum absolute atomic E-state index is 0.224. The van der Waals surface area contributed by atoms with Gasteiger partial charge in [0, 0.05) is 12.2 Å². The van der Waals surface area contributed by atoms with Crippen LogP contribution >= 0.6 is 11.8 Å². The number of hydrogen-bond acceptors (Lipinski definition) is 6. The summed E-state index contributed by atoms with van der Waals surface area (Å²) < 4.78 is 9.92. The second-order valence-electron chi connectivity index (χ2n) is 3.24. The molecule has 0 bridgehead atoms. The number of carbonyl (C=O) groups excluding carboxylic acids is 1. The average Bonchev–Trinajstić information content (AvgIpc) is 2.74. The molecular formula is C10H16N2O3S. The lowest BCUT2D eigenvalue weighted by atomic mass is 10.2. The van der Waals surface area contributed by atoms with Crippen molar-refractivity contribution in [1.82, 2.24) is 10.2 Å². The quantitative estimate of drug-likeness (QED) is 0.540. The fourth-order valence-corrected chi connectivity index (χ4v) is 1.75. The van der Waals surface area contributed by atoms with Crippen LogP contribution in [0.2, 0.25) is 0 Å². The van der Waals surface area contributed by atoms with Gasteiger partial charge < -0.3 is 9.15 Å². The maximum Gasteiger partial charge on any atom is 0.306 e. The maximum atomic E-state index is 10.8.